The van der Waals surface area contributed by atoms with Gasteiger partial charge in [0.05, 0.1) is 17.8 Å². The van der Waals surface area contributed by atoms with Gasteiger partial charge in [-0.3, -0.25) is 4.79 Å². The summed E-state index contributed by atoms with van der Waals surface area (Å²) in [5.74, 6) is -0.271. The Kier molecular flexibility index (Phi) is 7.04. The van der Waals surface area contributed by atoms with E-state index in [0.717, 1.165) is 0 Å². The Morgan fingerprint density at radius 2 is 2.07 bits per heavy atom. The molecule has 1 aliphatic rings. The maximum Gasteiger partial charge on any atom is 0.410 e. The number of piperidine rings is 1. The molecule has 0 spiro atoms. The van der Waals surface area contributed by atoms with Gasteiger partial charge in [-0.25, -0.2) is 14.8 Å². The predicted octanol–water partition coefficient (Wildman–Crippen LogP) is 3.81. The molecule has 146 valence electrons. The van der Waals surface area contributed by atoms with Crippen molar-refractivity contribution in [1.29, 1.82) is 0 Å². The lowest BCUT2D eigenvalue weighted by Gasteiger charge is -2.33. The summed E-state index contributed by atoms with van der Waals surface area (Å²) in [4.78, 5) is 37.6. The largest absolute Gasteiger partial charge is 0.444 e. The van der Waals surface area contributed by atoms with E-state index >= 15 is 0 Å². The monoisotopic (exact) mass is 392 g/mol. The van der Waals surface area contributed by atoms with Crippen molar-refractivity contribution < 1.29 is 14.3 Å². The molecule has 9 nitrogen and oxygen atoms in total. The van der Waals surface area contributed by atoms with Gasteiger partial charge in [-0.15, -0.1) is 0 Å². The average Bonchev–Trinajstić information content (AvgIpc) is 2.64. The first-order chi connectivity index (χ1) is 12.7. The maximum atomic E-state index is 12.4. The molecule has 1 aliphatic heterocycles. The molecule has 2 heterocycles. The zero-order valence-corrected chi connectivity index (χ0v) is 16.8. The van der Waals surface area contributed by atoms with Crippen LogP contribution in [0, 0.1) is 0 Å². The van der Waals surface area contributed by atoms with E-state index in [1.807, 2.05) is 27.0 Å². The summed E-state index contributed by atoms with van der Waals surface area (Å²) in [6.07, 6.45) is 4.39. The number of hydrogen-bond donors (Lipinski definition) is 0. The number of hydrogen-bond acceptors (Lipinski definition) is 7. The zero-order chi connectivity index (χ0) is 20.0. The molecule has 1 saturated heterocycles. The van der Waals surface area contributed by atoms with E-state index in [1.54, 1.807) is 4.90 Å². The molecule has 1 amide bonds. The standard InChI is InChI=1S/C17H24N6O3S/c1-17(2,3)26-16(25)23-7-5-11(6-8-23)14-12(13(24)10-20-22-18)9-19-15(21-14)27-4/h9,11H,5-8,10H2,1-4H3. The van der Waals surface area contributed by atoms with E-state index in [9.17, 15) is 9.59 Å². The lowest BCUT2D eigenvalue weighted by Crippen LogP contribution is -2.41. The number of ketones is 1. The Morgan fingerprint density at radius 1 is 1.41 bits per heavy atom. The van der Waals surface area contributed by atoms with Gasteiger partial charge in [-0.1, -0.05) is 16.9 Å². The molecule has 0 unspecified atom stereocenters. The number of likely N-dealkylation sites (tertiary alicyclic amines) is 1. The summed E-state index contributed by atoms with van der Waals surface area (Å²) in [7, 11) is 0. The van der Waals surface area contributed by atoms with Crippen molar-refractivity contribution >= 4 is 23.6 Å². The second-order valence-corrected chi connectivity index (χ2v) is 7.98. The summed E-state index contributed by atoms with van der Waals surface area (Å²) in [6, 6.07) is 0. The first-order valence-corrected chi connectivity index (χ1v) is 9.90. The number of aromatic nitrogens is 2. The number of ether oxygens (including phenoxy) is 1. The van der Waals surface area contributed by atoms with Crippen molar-refractivity contribution in [3.05, 3.63) is 27.9 Å². The molecule has 0 saturated carbocycles. The fraction of sp³-hybridized carbons (Fsp3) is 0.647. The minimum atomic E-state index is -0.533. The van der Waals surface area contributed by atoms with Crippen molar-refractivity contribution in [3.8, 4) is 0 Å². The Bertz CT molecular complexity index is 750. The highest BCUT2D eigenvalue weighted by molar-refractivity contribution is 7.98. The van der Waals surface area contributed by atoms with Gasteiger partial charge in [0.15, 0.2) is 10.9 Å². The molecule has 0 N–H and O–H groups in total. The van der Waals surface area contributed by atoms with E-state index in [1.165, 1.54) is 18.0 Å². The van der Waals surface area contributed by atoms with Crippen molar-refractivity contribution in [2.24, 2.45) is 5.11 Å². The van der Waals surface area contributed by atoms with Crippen LogP contribution in [-0.2, 0) is 4.74 Å². The number of carbonyl (C=O) groups excluding carboxylic acids is 2. The minimum Gasteiger partial charge on any atom is -0.444 e. The number of rotatable bonds is 5. The van der Waals surface area contributed by atoms with Crippen LogP contribution in [0.25, 0.3) is 10.4 Å². The summed E-state index contributed by atoms with van der Waals surface area (Å²) in [5.41, 5.74) is 8.96. The van der Waals surface area contributed by atoms with Gasteiger partial charge >= 0.3 is 6.09 Å². The lowest BCUT2D eigenvalue weighted by molar-refractivity contribution is 0.0203. The number of Topliss-reactive ketones (excluding diaryl/α,β-unsaturated/α-hetero) is 1. The van der Waals surface area contributed by atoms with E-state index in [0.29, 0.717) is 42.3 Å². The SMILES string of the molecule is CSc1ncc(C(=O)CN=[N+]=[N-])c(C2CCN(C(=O)OC(C)(C)C)CC2)n1. The smallest absolute Gasteiger partial charge is 0.410 e. The van der Waals surface area contributed by atoms with Crippen LogP contribution in [0.15, 0.2) is 16.5 Å². The molecule has 10 heteroatoms. The molecule has 1 aromatic heterocycles. The van der Waals surface area contributed by atoms with Crippen LogP contribution >= 0.6 is 11.8 Å². The maximum absolute atomic E-state index is 12.4. The number of thioether (sulfide) groups is 1. The van der Waals surface area contributed by atoms with Crippen molar-refractivity contribution in [3.63, 3.8) is 0 Å². The van der Waals surface area contributed by atoms with Crippen LogP contribution in [0.2, 0.25) is 0 Å². The fourth-order valence-electron chi connectivity index (χ4n) is 2.85. The topological polar surface area (TPSA) is 121 Å². The highest BCUT2D eigenvalue weighted by atomic mass is 32.2. The van der Waals surface area contributed by atoms with Crippen molar-refractivity contribution in [2.45, 2.75) is 50.3 Å². The van der Waals surface area contributed by atoms with Gasteiger partial charge in [0.2, 0.25) is 0 Å². The van der Waals surface area contributed by atoms with E-state index in [4.69, 9.17) is 10.3 Å². The van der Waals surface area contributed by atoms with Crippen LogP contribution in [-0.4, -0.2) is 58.2 Å². The number of nitrogens with zero attached hydrogens (tertiary/aromatic N) is 6. The first-order valence-electron chi connectivity index (χ1n) is 8.68. The highest BCUT2D eigenvalue weighted by Crippen LogP contribution is 2.30. The van der Waals surface area contributed by atoms with Gasteiger partial charge in [0.1, 0.15) is 5.60 Å². The molecule has 0 radical (unpaired) electrons. The predicted molar refractivity (Wildman–Crippen MR) is 102 cm³/mol. The third-order valence-corrected chi connectivity index (χ3v) is 4.65. The number of amides is 1. The van der Waals surface area contributed by atoms with Crippen LogP contribution in [0.1, 0.15) is 55.6 Å². The van der Waals surface area contributed by atoms with Gasteiger partial charge in [-0.2, -0.15) is 0 Å². The summed E-state index contributed by atoms with van der Waals surface area (Å²) in [5, 5.41) is 3.93. The van der Waals surface area contributed by atoms with Crippen LogP contribution < -0.4 is 0 Å². The van der Waals surface area contributed by atoms with Crippen LogP contribution in [0.3, 0.4) is 0 Å². The Labute approximate surface area is 162 Å². The molecule has 27 heavy (non-hydrogen) atoms. The van der Waals surface area contributed by atoms with Crippen molar-refractivity contribution in [1.82, 2.24) is 14.9 Å². The lowest BCUT2D eigenvalue weighted by atomic mass is 9.90. The molecular weight excluding hydrogens is 368 g/mol. The Hall–Kier alpha value is -2.32. The average molecular weight is 392 g/mol. The Balaban J connectivity index is 2.15. The second-order valence-electron chi connectivity index (χ2n) is 7.21. The Morgan fingerprint density at radius 3 is 2.63 bits per heavy atom. The van der Waals surface area contributed by atoms with E-state index in [-0.39, 0.29) is 24.3 Å². The van der Waals surface area contributed by atoms with Crippen LogP contribution in [0.4, 0.5) is 4.79 Å². The van der Waals surface area contributed by atoms with Crippen molar-refractivity contribution in [2.75, 3.05) is 25.9 Å². The third kappa shape index (κ3) is 5.83. The summed E-state index contributed by atoms with van der Waals surface area (Å²) >= 11 is 1.40. The molecule has 0 bridgehead atoms. The van der Waals surface area contributed by atoms with Gasteiger partial charge in [0, 0.05) is 30.1 Å². The van der Waals surface area contributed by atoms with E-state index in [2.05, 4.69) is 20.0 Å². The van der Waals surface area contributed by atoms with Crippen LogP contribution in [0.5, 0.6) is 0 Å². The van der Waals surface area contributed by atoms with Gasteiger partial charge in [0.25, 0.3) is 0 Å². The number of carbonyl (C=O) groups is 2. The quantitative estimate of drug-likeness (QED) is 0.188. The highest BCUT2D eigenvalue weighted by Gasteiger charge is 2.30. The first kappa shape index (κ1) is 21.0. The van der Waals surface area contributed by atoms with Gasteiger partial charge < -0.3 is 9.64 Å². The number of azide groups is 1. The third-order valence-electron chi connectivity index (χ3n) is 4.09. The molecule has 0 atom stereocenters. The molecule has 0 aliphatic carbocycles. The molecule has 1 fully saturated rings. The van der Waals surface area contributed by atoms with Gasteiger partial charge in [-0.05, 0) is 45.4 Å². The second kappa shape index (κ2) is 9.05. The fourth-order valence-corrected chi connectivity index (χ4v) is 3.19. The molecular formula is C17H24N6O3S. The normalized spacial score (nSPS) is 15.2. The zero-order valence-electron chi connectivity index (χ0n) is 16.0. The molecule has 1 aromatic rings. The minimum absolute atomic E-state index is 0.0302. The summed E-state index contributed by atoms with van der Waals surface area (Å²) in [6.45, 7) is 6.31. The van der Waals surface area contributed by atoms with E-state index < -0.39 is 5.60 Å². The summed E-state index contributed by atoms with van der Waals surface area (Å²) < 4.78 is 5.42. The molecule has 0 aromatic carbocycles. The molecule has 2 rings (SSSR count).